The Labute approximate surface area is 97.9 Å². The number of aryl methyl sites for hydroxylation is 1. The number of hydrogen-bond acceptors (Lipinski definition) is 3. The second-order valence-corrected chi connectivity index (χ2v) is 5.46. The van der Waals surface area contributed by atoms with Gasteiger partial charge in [0.1, 0.15) is 5.82 Å². The summed E-state index contributed by atoms with van der Waals surface area (Å²) in [6, 6.07) is 5.83. The molecule has 0 aliphatic carbocycles. The van der Waals surface area contributed by atoms with Gasteiger partial charge < -0.3 is 10.4 Å². The molecule has 0 spiro atoms. The molecule has 3 heteroatoms. The van der Waals surface area contributed by atoms with Gasteiger partial charge in [0.25, 0.3) is 0 Å². The Balaban J connectivity index is 2.40. The first-order valence-corrected chi connectivity index (χ1v) is 5.72. The maximum atomic E-state index is 9.83. The summed E-state index contributed by atoms with van der Waals surface area (Å²) in [5.41, 5.74) is 1.14. The number of aliphatic hydroxyl groups is 1. The molecule has 1 atom stereocenters. The molecule has 3 nitrogen and oxygen atoms in total. The van der Waals surface area contributed by atoms with Crippen LogP contribution in [0.5, 0.6) is 0 Å². The van der Waals surface area contributed by atoms with Crippen LogP contribution in [-0.2, 0) is 0 Å². The lowest BCUT2D eigenvalue weighted by Gasteiger charge is -2.22. The van der Waals surface area contributed by atoms with E-state index in [4.69, 9.17) is 0 Å². The molecule has 0 aliphatic heterocycles. The van der Waals surface area contributed by atoms with Crippen LogP contribution in [0.2, 0.25) is 0 Å². The zero-order valence-electron chi connectivity index (χ0n) is 10.6. The number of aliphatic hydroxyl groups excluding tert-OH is 1. The van der Waals surface area contributed by atoms with Gasteiger partial charge in [-0.1, -0.05) is 26.8 Å². The maximum Gasteiger partial charge on any atom is 0.126 e. The van der Waals surface area contributed by atoms with E-state index >= 15 is 0 Å². The minimum absolute atomic E-state index is 0.154. The van der Waals surface area contributed by atoms with Crippen molar-refractivity contribution in [2.75, 3.05) is 11.9 Å². The Morgan fingerprint density at radius 2 is 2.06 bits per heavy atom. The predicted octanol–water partition coefficient (Wildman–Crippen LogP) is 2.60. The lowest BCUT2D eigenvalue weighted by molar-refractivity contribution is 0.132. The third kappa shape index (κ3) is 5.12. The third-order valence-corrected chi connectivity index (χ3v) is 2.26. The lowest BCUT2D eigenvalue weighted by Crippen LogP contribution is -2.25. The molecule has 0 saturated heterocycles. The highest BCUT2D eigenvalue weighted by molar-refractivity contribution is 5.35. The molecule has 1 heterocycles. The second-order valence-electron chi connectivity index (χ2n) is 5.46. The van der Waals surface area contributed by atoms with Crippen LogP contribution < -0.4 is 5.32 Å². The number of rotatable bonds is 4. The van der Waals surface area contributed by atoms with Crippen molar-refractivity contribution in [3.8, 4) is 0 Å². The second kappa shape index (κ2) is 5.30. The number of aromatic nitrogens is 1. The van der Waals surface area contributed by atoms with Gasteiger partial charge in [-0.3, -0.25) is 0 Å². The van der Waals surface area contributed by atoms with Crippen molar-refractivity contribution < 1.29 is 5.11 Å². The van der Waals surface area contributed by atoms with Crippen molar-refractivity contribution in [2.45, 2.75) is 40.2 Å². The summed E-state index contributed by atoms with van der Waals surface area (Å²) in [6.45, 7) is 8.88. The summed E-state index contributed by atoms with van der Waals surface area (Å²) in [5.74, 6) is 0.827. The van der Waals surface area contributed by atoms with Crippen LogP contribution in [0, 0.1) is 12.3 Å². The van der Waals surface area contributed by atoms with Gasteiger partial charge in [-0.2, -0.15) is 0 Å². The van der Waals surface area contributed by atoms with E-state index in [1.807, 2.05) is 25.1 Å². The van der Waals surface area contributed by atoms with Crippen LogP contribution in [0.1, 0.15) is 32.9 Å². The van der Waals surface area contributed by atoms with Crippen LogP contribution in [0.4, 0.5) is 5.82 Å². The highest BCUT2D eigenvalue weighted by Gasteiger charge is 2.16. The minimum atomic E-state index is -0.331. The van der Waals surface area contributed by atoms with Crippen LogP contribution in [0.3, 0.4) is 0 Å². The molecule has 0 radical (unpaired) electrons. The molecule has 1 unspecified atom stereocenters. The monoisotopic (exact) mass is 222 g/mol. The molecule has 1 aromatic heterocycles. The van der Waals surface area contributed by atoms with Gasteiger partial charge in [0.15, 0.2) is 0 Å². The number of pyridine rings is 1. The Morgan fingerprint density at radius 1 is 1.38 bits per heavy atom. The van der Waals surface area contributed by atoms with Crippen molar-refractivity contribution in [1.29, 1.82) is 0 Å². The Kier molecular flexibility index (Phi) is 4.30. The fraction of sp³-hybridized carbons (Fsp3) is 0.615. The average Bonchev–Trinajstić information content (AvgIpc) is 2.12. The standard InChI is InChI=1S/C13H22N2O/c1-10-6-5-7-12(15-10)14-9-11(16)8-13(2,3)4/h5-7,11,16H,8-9H2,1-4H3,(H,14,15). The largest absolute Gasteiger partial charge is 0.391 e. The number of nitrogens with zero attached hydrogens (tertiary/aromatic N) is 1. The van der Waals surface area contributed by atoms with Crippen LogP contribution in [0.25, 0.3) is 0 Å². The maximum absolute atomic E-state index is 9.83. The molecule has 0 bridgehead atoms. The van der Waals surface area contributed by atoms with Crippen molar-refractivity contribution in [1.82, 2.24) is 4.98 Å². The van der Waals surface area contributed by atoms with Gasteiger partial charge in [-0.05, 0) is 30.9 Å². The predicted molar refractivity (Wildman–Crippen MR) is 67.5 cm³/mol. The smallest absolute Gasteiger partial charge is 0.126 e. The summed E-state index contributed by atoms with van der Waals surface area (Å²) >= 11 is 0. The fourth-order valence-electron chi connectivity index (χ4n) is 1.64. The molecule has 90 valence electrons. The fourth-order valence-corrected chi connectivity index (χ4v) is 1.64. The van der Waals surface area contributed by atoms with Gasteiger partial charge in [0.05, 0.1) is 6.10 Å². The summed E-state index contributed by atoms with van der Waals surface area (Å²) < 4.78 is 0. The van der Waals surface area contributed by atoms with E-state index in [-0.39, 0.29) is 11.5 Å². The van der Waals surface area contributed by atoms with Gasteiger partial charge in [-0.15, -0.1) is 0 Å². The van der Waals surface area contributed by atoms with E-state index in [2.05, 4.69) is 31.1 Å². The molecule has 0 fully saturated rings. The molecule has 1 rings (SSSR count). The van der Waals surface area contributed by atoms with Crippen molar-refractivity contribution in [2.24, 2.45) is 5.41 Å². The first-order valence-electron chi connectivity index (χ1n) is 5.72. The van der Waals surface area contributed by atoms with Crippen molar-refractivity contribution >= 4 is 5.82 Å². The summed E-state index contributed by atoms with van der Waals surface area (Å²) in [5, 5.41) is 13.0. The van der Waals surface area contributed by atoms with Crippen molar-refractivity contribution in [3.63, 3.8) is 0 Å². The molecule has 0 aromatic carbocycles. The minimum Gasteiger partial charge on any atom is -0.391 e. The SMILES string of the molecule is Cc1cccc(NCC(O)CC(C)(C)C)n1. The molecular weight excluding hydrogens is 200 g/mol. The lowest BCUT2D eigenvalue weighted by atomic mass is 9.89. The van der Waals surface area contributed by atoms with Gasteiger partial charge in [-0.25, -0.2) is 4.98 Å². The highest BCUT2D eigenvalue weighted by Crippen LogP contribution is 2.20. The third-order valence-electron chi connectivity index (χ3n) is 2.26. The van der Waals surface area contributed by atoms with Crippen LogP contribution in [-0.4, -0.2) is 22.7 Å². The van der Waals surface area contributed by atoms with Gasteiger partial charge in [0, 0.05) is 12.2 Å². The molecule has 0 saturated carbocycles. The quantitative estimate of drug-likeness (QED) is 0.823. The summed E-state index contributed by atoms with van der Waals surface area (Å²) in [7, 11) is 0. The van der Waals surface area contributed by atoms with E-state index in [0.717, 1.165) is 17.9 Å². The van der Waals surface area contributed by atoms with Crippen LogP contribution in [0.15, 0.2) is 18.2 Å². The Hall–Kier alpha value is -1.09. The number of anilines is 1. The number of hydrogen-bond donors (Lipinski definition) is 2. The van der Waals surface area contributed by atoms with E-state index < -0.39 is 0 Å². The van der Waals surface area contributed by atoms with E-state index in [1.54, 1.807) is 0 Å². The normalized spacial score (nSPS) is 13.6. The molecular formula is C13H22N2O. The highest BCUT2D eigenvalue weighted by atomic mass is 16.3. The van der Waals surface area contributed by atoms with E-state index in [0.29, 0.717) is 6.54 Å². The molecule has 0 amide bonds. The van der Waals surface area contributed by atoms with Gasteiger partial charge in [0.2, 0.25) is 0 Å². The van der Waals surface area contributed by atoms with E-state index in [9.17, 15) is 5.11 Å². The molecule has 2 N–H and O–H groups in total. The zero-order valence-corrected chi connectivity index (χ0v) is 10.6. The first kappa shape index (κ1) is 13.0. The summed E-state index contributed by atoms with van der Waals surface area (Å²) in [4.78, 5) is 4.32. The molecule has 1 aromatic rings. The Morgan fingerprint density at radius 3 is 2.62 bits per heavy atom. The average molecular weight is 222 g/mol. The molecule has 16 heavy (non-hydrogen) atoms. The Bertz CT molecular complexity index is 331. The zero-order chi connectivity index (χ0) is 12.2. The van der Waals surface area contributed by atoms with Crippen molar-refractivity contribution in [3.05, 3.63) is 23.9 Å². The molecule has 0 aliphatic rings. The topological polar surface area (TPSA) is 45.1 Å². The van der Waals surface area contributed by atoms with E-state index in [1.165, 1.54) is 0 Å². The van der Waals surface area contributed by atoms with Crippen LogP contribution >= 0.6 is 0 Å². The number of nitrogens with one attached hydrogen (secondary N) is 1. The van der Waals surface area contributed by atoms with Gasteiger partial charge >= 0.3 is 0 Å². The first-order chi connectivity index (χ1) is 7.37. The summed E-state index contributed by atoms with van der Waals surface area (Å²) in [6.07, 6.45) is 0.452.